The van der Waals surface area contributed by atoms with Gasteiger partial charge in [0.25, 0.3) is 0 Å². The van der Waals surface area contributed by atoms with Crippen LogP contribution in [0.2, 0.25) is 0 Å². The average molecular weight is 294 g/mol. The number of phenols is 1. The third-order valence-electron chi connectivity index (χ3n) is 3.00. The highest BCUT2D eigenvalue weighted by atomic mass is 16.6. The minimum Gasteiger partial charge on any atom is -0.504 e. The number of nitro groups is 1. The fraction of sp³-hybridized carbons (Fsp3) is 0.417. The van der Waals surface area contributed by atoms with E-state index in [1.165, 1.54) is 13.5 Å². The lowest BCUT2D eigenvalue weighted by atomic mass is 9.85. The topological polar surface area (TPSA) is 119 Å². The van der Waals surface area contributed by atoms with Gasteiger partial charge in [0.1, 0.15) is 6.10 Å². The quantitative estimate of drug-likeness (QED) is 0.319. The molecule has 8 nitrogen and oxygen atoms in total. The molecule has 111 valence electrons. The van der Waals surface area contributed by atoms with Gasteiger partial charge in [-0.25, -0.2) is 0 Å². The van der Waals surface area contributed by atoms with Crippen LogP contribution in [0.4, 0.5) is 0 Å². The zero-order valence-corrected chi connectivity index (χ0v) is 11.0. The molecule has 1 radical (unpaired) electrons. The molecular formula is C12H13BNO7. The van der Waals surface area contributed by atoms with Gasteiger partial charge in [0.05, 0.1) is 6.61 Å². The zero-order valence-electron chi connectivity index (χ0n) is 11.0. The van der Waals surface area contributed by atoms with Crippen LogP contribution in [0, 0.1) is 10.1 Å². The molecule has 1 aromatic rings. The Morgan fingerprint density at radius 3 is 2.95 bits per heavy atom. The number of aromatic hydroxyl groups is 1. The van der Waals surface area contributed by atoms with E-state index in [2.05, 4.69) is 0 Å². The Hall–Kier alpha value is -2.29. The summed E-state index contributed by atoms with van der Waals surface area (Å²) in [6.07, 6.45) is -0.464. The first-order chi connectivity index (χ1) is 9.99. The van der Waals surface area contributed by atoms with Crippen LogP contribution in [0.15, 0.2) is 12.1 Å². The maximum absolute atomic E-state index is 10.6. The molecule has 1 unspecified atom stereocenters. The van der Waals surface area contributed by atoms with Gasteiger partial charge in [-0.3, -0.25) is 14.9 Å². The smallest absolute Gasteiger partial charge is 0.335 e. The van der Waals surface area contributed by atoms with Gasteiger partial charge >= 0.3 is 13.5 Å². The molecule has 0 bridgehead atoms. The summed E-state index contributed by atoms with van der Waals surface area (Å²) in [5.74, 6) is -0.892. The molecule has 1 atom stereocenters. The van der Waals surface area contributed by atoms with Crippen LogP contribution in [0.5, 0.6) is 11.5 Å². The Labute approximate surface area is 120 Å². The molecule has 1 aromatic carbocycles. The van der Waals surface area contributed by atoms with Gasteiger partial charge in [0.15, 0.2) is 11.5 Å². The lowest BCUT2D eigenvalue weighted by Crippen LogP contribution is -2.17. The summed E-state index contributed by atoms with van der Waals surface area (Å²) in [6, 6.07) is 2.92. The highest BCUT2D eigenvalue weighted by Crippen LogP contribution is 2.31. The van der Waals surface area contributed by atoms with Gasteiger partial charge in [-0.15, -0.1) is 0 Å². The summed E-state index contributed by atoms with van der Waals surface area (Å²) >= 11 is 0. The normalized spacial score (nSPS) is 16.1. The van der Waals surface area contributed by atoms with E-state index >= 15 is 0 Å². The molecule has 0 fully saturated rings. The number of nitrogens with zero attached hydrogens (tertiary/aromatic N) is 1. The first-order valence-electron chi connectivity index (χ1n) is 6.30. The largest absolute Gasteiger partial charge is 0.504 e. The van der Waals surface area contributed by atoms with Gasteiger partial charge in [0.2, 0.25) is 6.54 Å². The predicted octanol–water partition coefficient (Wildman–Crippen LogP) is 0.228. The zero-order chi connectivity index (χ0) is 15.4. The lowest BCUT2D eigenvalue weighted by Gasteiger charge is -2.12. The Bertz CT molecular complexity index is 563. The molecule has 1 aliphatic rings. The first-order valence-corrected chi connectivity index (χ1v) is 6.30. The van der Waals surface area contributed by atoms with Crippen LogP contribution in [0.3, 0.4) is 0 Å². The van der Waals surface area contributed by atoms with Crippen molar-refractivity contribution in [1.29, 1.82) is 0 Å². The molecule has 1 heterocycles. The van der Waals surface area contributed by atoms with Crippen molar-refractivity contribution in [2.24, 2.45) is 0 Å². The molecule has 0 amide bonds. The Morgan fingerprint density at radius 2 is 2.29 bits per heavy atom. The number of carboxylic acid groups (broad SMARTS) is 1. The summed E-state index contributed by atoms with van der Waals surface area (Å²) in [5.41, 5.74) is 1.02. The Morgan fingerprint density at radius 1 is 1.52 bits per heavy atom. The number of hydrogen-bond acceptors (Lipinski definition) is 6. The number of ether oxygens (including phenoxy) is 1. The molecule has 0 aromatic heterocycles. The number of benzene rings is 1. The van der Waals surface area contributed by atoms with E-state index in [1.807, 2.05) is 0 Å². The number of carbonyl (C=O) groups is 1. The van der Waals surface area contributed by atoms with E-state index < -0.39 is 17.0 Å². The molecule has 0 spiro atoms. The molecule has 1 aliphatic heterocycles. The third-order valence-corrected chi connectivity index (χ3v) is 3.00. The maximum atomic E-state index is 10.6. The van der Waals surface area contributed by atoms with Crippen LogP contribution < -0.4 is 10.2 Å². The number of carboxylic acids is 1. The number of hydrogen-bond donors (Lipinski definition) is 2. The maximum Gasteiger partial charge on any atom is 0.335 e. The summed E-state index contributed by atoms with van der Waals surface area (Å²) in [6.45, 7) is -0.267. The summed E-state index contributed by atoms with van der Waals surface area (Å²) in [4.78, 5) is 20.5. The predicted molar refractivity (Wildman–Crippen MR) is 71.5 cm³/mol. The van der Waals surface area contributed by atoms with Crippen molar-refractivity contribution in [1.82, 2.24) is 0 Å². The summed E-state index contributed by atoms with van der Waals surface area (Å²) in [5, 5.41) is 28.9. The second-order valence-electron chi connectivity index (χ2n) is 4.52. The Kier molecular flexibility index (Phi) is 4.64. The third kappa shape index (κ3) is 3.63. The molecule has 2 rings (SSSR count). The number of aliphatic carboxylic acids is 1. The van der Waals surface area contributed by atoms with Crippen molar-refractivity contribution >= 4 is 18.9 Å². The number of fused-ring (bicyclic) bond motifs is 1. The average Bonchev–Trinajstić information content (AvgIpc) is 2.79. The number of rotatable bonds is 7. The minimum atomic E-state index is -0.929. The van der Waals surface area contributed by atoms with Crippen LogP contribution in [-0.2, 0) is 9.45 Å². The van der Waals surface area contributed by atoms with Crippen LogP contribution in [-0.4, -0.2) is 41.7 Å². The van der Waals surface area contributed by atoms with Crippen LogP contribution in [0.25, 0.3) is 0 Å². The second kappa shape index (κ2) is 6.44. The van der Waals surface area contributed by atoms with Crippen molar-refractivity contribution in [2.75, 3.05) is 13.2 Å². The van der Waals surface area contributed by atoms with Gasteiger partial charge in [0, 0.05) is 11.3 Å². The SMILES string of the molecule is O=C(O)CCCOc1c(O)ccc2c1[B]OC2C[N+](=O)[O-]. The van der Waals surface area contributed by atoms with Gasteiger partial charge in [-0.2, -0.15) is 0 Å². The second-order valence-corrected chi connectivity index (χ2v) is 4.52. The van der Waals surface area contributed by atoms with Crippen molar-refractivity contribution in [3.8, 4) is 11.5 Å². The van der Waals surface area contributed by atoms with E-state index in [9.17, 15) is 20.0 Å². The Balaban J connectivity index is 2.10. The molecule has 0 saturated heterocycles. The summed E-state index contributed by atoms with van der Waals surface area (Å²) in [7, 11) is 1.32. The van der Waals surface area contributed by atoms with Gasteiger partial charge < -0.3 is 19.6 Å². The lowest BCUT2D eigenvalue weighted by molar-refractivity contribution is -0.489. The van der Waals surface area contributed by atoms with E-state index in [0.29, 0.717) is 11.0 Å². The number of phenolic OH excluding ortho intramolecular Hbond substituents is 1. The molecule has 9 heteroatoms. The van der Waals surface area contributed by atoms with Crippen molar-refractivity contribution in [3.05, 3.63) is 27.8 Å². The van der Waals surface area contributed by atoms with E-state index in [1.54, 1.807) is 6.07 Å². The van der Waals surface area contributed by atoms with Crippen molar-refractivity contribution in [2.45, 2.75) is 18.9 Å². The molecule has 21 heavy (non-hydrogen) atoms. The van der Waals surface area contributed by atoms with Crippen molar-refractivity contribution < 1.29 is 29.3 Å². The monoisotopic (exact) mass is 294 g/mol. The first kappa shape index (κ1) is 15.1. The molecule has 0 saturated carbocycles. The molecule has 2 N–H and O–H groups in total. The van der Waals surface area contributed by atoms with E-state index in [4.69, 9.17) is 14.5 Å². The van der Waals surface area contributed by atoms with Crippen LogP contribution >= 0.6 is 0 Å². The van der Waals surface area contributed by atoms with E-state index in [-0.39, 0.29) is 37.5 Å². The molecular weight excluding hydrogens is 281 g/mol. The van der Waals surface area contributed by atoms with Crippen LogP contribution in [0.1, 0.15) is 24.5 Å². The minimum absolute atomic E-state index is 0.0417. The van der Waals surface area contributed by atoms with E-state index in [0.717, 1.165) is 0 Å². The fourth-order valence-corrected chi connectivity index (χ4v) is 2.06. The standard InChI is InChI=1S/C12H13BNO7/c15-8-4-3-7-9(6-14(18)19)21-13-11(7)12(8)20-5-1-2-10(16)17/h3-4,9,15H,1-2,5-6H2,(H,16,17). The highest BCUT2D eigenvalue weighted by molar-refractivity contribution is 6.50. The van der Waals surface area contributed by atoms with Crippen molar-refractivity contribution in [3.63, 3.8) is 0 Å². The summed E-state index contributed by atoms with van der Waals surface area (Å²) < 4.78 is 10.6. The van der Waals surface area contributed by atoms with Gasteiger partial charge in [-0.1, -0.05) is 6.07 Å². The van der Waals surface area contributed by atoms with Gasteiger partial charge in [-0.05, 0) is 23.5 Å². The molecule has 0 aliphatic carbocycles. The fourth-order valence-electron chi connectivity index (χ4n) is 2.06. The highest BCUT2D eigenvalue weighted by Gasteiger charge is 2.32.